The average Bonchev–Trinajstić information content (AvgIpc) is 4.02. The Morgan fingerprint density at radius 1 is 0.403 bits per heavy atom. The quantitative estimate of drug-likeness (QED) is 0.167. The SMILES string of the molecule is Cc1ccc(N(c2ccc(C)cc2)c2cc3c(c4oc5ccccc5c24)C2C(=O)c4cc(N(c5ccc(C)cc5)c5ccc(C)cc5)c5c(oc6ccccc65)c4C2C3=O)cc1. The Morgan fingerprint density at radius 3 is 1.03 bits per heavy atom. The first-order valence-corrected chi connectivity index (χ1v) is 21.1. The lowest BCUT2D eigenvalue weighted by molar-refractivity contribution is 0.0913. The van der Waals surface area contributed by atoms with Crippen LogP contribution in [0.2, 0.25) is 0 Å². The zero-order valence-corrected chi connectivity index (χ0v) is 34.7. The monoisotopic (exact) mass is 804 g/mol. The molecule has 0 radical (unpaired) electrons. The lowest BCUT2D eigenvalue weighted by Gasteiger charge is -2.27. The number of para-hydroxylation sites is 2. The molecule has 0 spiro atoms. The maximum absolute atomic E-state index is 15.5. The van der Waals surface area contributed by atoms with Crippen molar-refractivity contribution in [3.8, 4) is 0 Å². The van der Waals surface area contributed by atoms with Gasteiger partial charge in [0.25, 0.3) is 0 Å². The van der Waals surface area contributed by atoms with Gasteiger partial charge in [0.05, 0.1) is 34.0 Å². The van der Waals surface area contributed by atoms with Crippen LogP contribution in [-0.2, 0) is 0 Å². The van der Waals surface area contributed by atoms with Crippen LogP contribution in [0.25, 0.3) is 43.9 Å². The van der Waals surface area contributed by atoms with Gasteiger partial charge in [-0.2, -0.15) is 0 Å². The van der Waals surface area contributed by atoms with E-state index in [1.165, 1.54) is 0 Å². The Hall–Kier alpha value is -7.70. The summed E-state index contributed by atoms with van der Waals surface area (Å²) in [7, 11) is 0. The molecule has 0 saturated heterocycles. The van der Waals surface area contributed by atoms with E-state index in [4.69, 9.17) is 8.83 Å². The third-order valence-corrected chi connectivity index (χ3v) is 13.0. The molecular weight excluding hydrogens is 765 g/mol. The first kappa shape index (κ1) is 36.2. The molecule has 0 N–H and O–H groups in total. The van der Waals surface area contributed by atoms with Crippen molar-refractivity contribution in [2.24, 2.45) is 0 Å². The number of carbonyl (C=O) groups is 2. The lowest BCUT2D eigenvalue weighted by atomic mass is 9.91. The van der Waals surface area contributed by atoms with Crippen LogP contribution in [0.15, 0.2) is 167 Å². The van der Waals surface area contributed by atoms with Crippen molar-refractivity contribution >= 4 is 89.6 Å². The third-order valence-electron chi connectivity index (χ3n) is 13.0. The number of hydrogen-bond donors (Lipinski definition) is 0. The van der Waals surface area contributed by atoms with E-state index in [2.05, 4.69) is 147 Å². The topological polar surface area (TPSA) is 66.9 Å². The Morgan fingerprint density at radius 2 is 0.710 bits per heavy atom. The van der Waals surface area contributed by atoms with Gasteiger partial charge >= 0.3 is 0 Å². The molecule has 12 rings (SSSR count). The fraction of sp³-hybridized carbons (Fsp3) is 0.107. The number of rotatable bonds is 6. The predicted octanol–water partition coefficient (Wildman–Crippen LogP) is 14.9. The smallest absolute Gasteiger partial charge is 0.172 e. The van der Waals surface area contributed by atoms with Gasteiger partial charge in [-0.1, -0.05) is 107 Å². The molecule has 2 aliphatic rings. The number of Topliss-reactive ketones (excluding diaryl/α,β-unsaturated/α-hetero) is 2. The zero-order valence-electron chi connectivity index (χ0n) is 34.7. The molecule has 2 aromatic heterocycles. The Balaban J connectivity index is 1.13. The van der Waals surface area contributed by atoms with E-state index in [9.17, 15) is 0 Å². The van der Waals surface area contributed by atoms with Gasteiger partial charge in [-0.25, -0.2) is 0 Å². The molecule has 2 unspecified atom stereocenters. The molecule has 2 atom stereocenters. The van der Waals surface area contributed by atoms with Crippen molar-refractivity contribution in [3.63, 3.8) is 0 Å². The Bertz CT molecular complexity index is 3160. The van der Waals surface area contributed by atoms with Gasteiger partial charge < -0.3 is 18.6 Å². The minimum Gasteiger partial charge on any atom is -0.456 e. The molecule has 62 heavy (non-hydrogen) atoms. The standard InChI is InChI=1S/C56H40N2O4/c1-31-13-21-35(22-14-31)57(36-23-15-32(2)16-24-36)43-29-41-49(55-47(43)39-9-5-7-11-45(39)61-55)51-52(53(41)59)50-42(54(51)60)30-44(48-40-10-6-8-12-46(40)62-56(48)50)58(37-25-17-33(3)18-26-37)38-27-19-34(4)20-28-38/h5-30,51-52H,1-4H3. The first-order chi connectivity index (χ1) is 30.2. The number of benzene rings is 8. The number of furan rings is 2. The summed E-state index contributed by atoms with van der Waals surface area (Å²) in [4.78, 5) is 35.4. The zero-order chi connectivity index (χ0) is 42.0. The second kappa shape index (κ2) is 13.4. The summed E-state index contributed by atoms with van der Waals surface area (Å²) in [5.41, 5.74) is 14.8. The predicted molar refractivity (Wildman–Crippen MR) is 250 cm³/mol. The number of anilines is 6. The summed E-state index contributed by atoms with van der Waals surface area (Å²) in [6, 6.07) is 53.7. The minimum atomic E-state index is -0.796. The number of ketones is 2. The van der Waals surface area contributed by atoms with Gasteiger partial charge in [0, 0.05) is 55.8 Å². The molecule has 0 aliphatic heterocycles. The molecule has 0 saturated carbocycles. The maximum atomic E-state index is 15.5. The van der Waals surface area contributed by atoms with Gasteiger partial charge in [0.15, 0.2) is 11.6 Å². The second-order valence-corrected chi connectivity index (χ2v) is 17.0. The van der Waals surface area contributed by atoms with Crippen LogP contribution in [0.4, 0.5) is 34.1 Å². The number of aryl methyl sites for hydroxylation is 4. The largest absolute Gasteiger partial charge is 0.456 e. The fourth-order valence-corrected chi connectivity index (χ4v) is 10.0. The van der Waals surface area contributed by atoms with Gasteiger partial charge in [-0.15, -0.1) is 0 Å². The molecule has 6 nitrogen and oxygen atoms in total. The van der Waals surface area contributed by atoms with E-state index in [1.54, 1.807) is 0 Å². The normalized spacial score (nSPS) is 15.5. The highest BCUT2D eigenvalue weighted by Crippen LogP contribution is 2.60. The number of fused-ring (bicyclic) bond motifs is 13. The molecule has 0 bridgehead atoms. The summed E-state index contributed by atoms with van der Waals surface area (Å²) in [5, 5.41) is 3.55. The maximum Gasteiger partial charge on any atom is 0.172 e. The van der Waals surface area contributed by atoms with E-state index < -0.39 is 11.8 Å². The average molecular weight is 805 g/mol. The van der Waals surface area contributed by atoms with Crippen LogP contribution in [0.3, 0.4) is 0 Å². The van der Waals surface area contributed by atoms with E-state index >= 15 is 9.59 Å². The van der Waals surface area contributed by atoms with Crippen LogP contribution in [0.1, 0.15) is 65.9 Å². The molecule has 10 aromatic rings. The molecule has 8 aromatic carbocycles. The fourth-order valence-electron chi connectivity index (χ4n) is 10.0. The third kappa shape index (κ3) is 5.23. The van der Waals surface area contributed by atoms with Crippen LogP contribution in [-0.4, -0.2) is 11.6 Å². The number of carbonyl (C=O) groups excluding carboxylic acids is 2. The van der Waals surface area contributed by atoms with E-state index in [0.717, 1.165) is 77.9 Å². The Kier molecular flexibility index (Phi) is 7.82. The second-order valence-electron chi connectivity index (χ2n) is 17.0. The van der Waals surface area contributed by atoms with Crippen molar-refractivity contribution < 1.29 is 18.4 Å². The van der Waals surface area contributed by atoms with Crippen molar-refractivity contribution in [1.82, 2.24) is 0 Å². The van der Waals surface area contributed by atoms with Crippen LogP contribution in [0, 0.1) is 27.7 Å². The summed E-state index contributed by atoms with van der Waals surface area (Å²) in [5.74, 6) is -1.82. The van der Waals surface area contributed by atoms with Gasteiger partial charge in [0.1, 0.15) is 22.3 Å². The van der Waals surface area contributed by atoms with Crippen LogP contribution in [0.5, 0.6) is 0 Å². The molecule has 2 heterocycles. The number of nitrogens with zero attached hydrogens (tertiary/aromatic N) is 2. The van der Waals surface area contributed by atoms with Crippen LogP contribution >= 0.6 is 0 Å². The summed E-state index contributed by atoms with van der Waals surface area (Å²) >= 11 is 0. The molecule has 2 aliphatic carbocycles. The van der Waals surface area contributed by atoms with Crippen molar-refractivity contribution in [1.29, 1.82) is 0 Å². The van der Waals surface area contributed by atoms with Crippen molar-refractivity contribution in [3.05, 3.63) is 202 Å². The lowest BCUT2D eigenvalue weighted by Crippen LogP contribution is -2.13. The van der Waals surface area contributed by atoms with Crippen molar-refractivity contribution in [2.75, 3.05) is 9.80 Å². The van der Waals surface area contributed by atoms with Gasteiger partial charge in [-0.05, 0) is 100 Å². The first-order valence-electron chi connectivity index (χ1n) is 21.1. The molecule has 0 fully saturated rings. The molecule has 0 amide bonds. The number of hydrogen-bond acceptors (Lipinski definition) is 6. The van der Waals surface area contributed by atoms with Gasteiger partial charge in [-0.3, -0.25) is 9.59 Å². The minimum absolute atomic E-state index is 0.114. The van der Waals surface area contributed by atoms with Crippen molar-refractivity contribution in [2.45, 2.75) is 39.5 Å². The molecular formula is C56H40N2O4. The van der Waals surface area contributed by atoms with Gasteiger partial charge in [0.2, 0.25) is 0 Å². The molecule has 6 heteroatoms. The molecule has 298 valence electrons. The van der Waals surface area contributed by atoms with E-state index in [1.807, 2.05) is 48.5 Å². The Labute approximate surface area is 358 Å². The highest BCUT2D eigenvalue weighted by atomic mass is 16.3. The van der Waals surface area contributed by atoms with Crippen LogP contribution < -0.4 is 9.80 Å². The van der Waals surface area contributed by atoms with E-state index in [0.29, 0.717) is 44.6 Å². The van der Waals surface area contributed by atoms with E-state index in [-0.39, 0.29) is 11.6 Å². The summed E-state index contributed by atoms with van der Waals surface area (Å²) in [6.45, 7) is 8.31. The highest BCUT2D eigenvalue weighted by Gasteiger charge is 2.55. The summed E-state index contributed by atoms with van der Waals surface area (Å²) in [6.07, 6.45) is 0. The highest BCUT2D eigenvalue weighted by molar-refractivity contribution is 6.29. The summed E-state index contributed by atoms with van der Waals surface area (Å²) < 4.78 is 13.7.